The van der Waals surface area contributed by atoms with Gasteiger partial charge in [-0.3, -0.25) is 4.79 Å². The van der Waals surface area contributed by atoms with Gasteiger partial charge < -0.3 is 5.73 Å². The maximum atomic E-state index is 11.5. The molecule has 1 unspecified atom stereocenters. The van der Waals surface area contributed by atoms with E-state index in [4.69, 9.17) is 5.73 Å². The Labute approximate surface area is 80.3 Å². The normalized spacial score (nSPS) is 21.6. The lowest BCUT2D eigenvalue weighted by molar-refractivity contribution is 0.0950. The van der Waals surface area contributed by atoms with Crippen LogP contribution < -0.4 is 5.73 Å². The summed E-state index contributed by atoms with van der Waals surface area (Å²) < 4.78 is 3.79. The van der Waals surface area contributed by atoms with Crippen molar-refractivity contribution in [1.29, 1.82) is 0 Å². The summed E-state index contributed by atoms with van der Waals surface area (Å²) in [6.07, 6.45) is 2.39. The molecular weight excluding hydrogens is 186 g/mol. The van der Waals surface area contributed by atoms with Gasteiger partial charge in [-0.1, -0.05) is 4.49 Å². The van der Waals surface area contributed by atoms with Gasteiger partial charge in [-0.25, -0.2) is 0 Å². The monoisotopic (exact) mass is 197 g/mol. The molecule has 0 amide bonds. The van der Waals surface area contributed by atoms with Gasteiger partial charge in [-0.15, -0.1) is 5.10 Å². The molecule has 0 bridgehead atoms. The predicted molar refractivity (Wildman–Crippen MR) is 49.7 cm³/mol. The average molecular weight is 197 g/mol. The third-order valence-electron chi connectivity index (χ3n) is 2.34. The lowest BCUT2D eigenvalue weighted by Crippen LogP contribution is -2.21. The zero-order valence-corrected chi connectivity index (χ0v) is 8.01. The first-order chi connectivity index (χ1) is 6.31. The highest BCUT2D eigenvalue weighted by Gasteiger charge is 2.27. The molecular formula is C8H11N3OS. The van der Waals surface area contributed by atoms with Crippen molar-refractivity contribution in [2.24, 2.45) is 11.7 Å². The Balaban J connectivity index is 2.19. The Morgan fingerprint density at radius 1 is 1.54 bits per heavy atom. The van der Waals surface area contributed by atoms with E-state index in [1.165, 1.54) is 11.5 Å². The lowest BCUT2D eigenvalue weighted by atomic mass is 9.88. The Hall–Kier alpha value is -0.810. The molecule has 70 valence electrons. The molecule has 1 aromatic heterocycles. The van der Waals surface area contributed by atoms with E-state index in [1.54, 1.807) is 0 Å². The van der Waals surface area contributed by atoms with E-state index < -0.39 is 0 Å². The fourth-order valence-electron chi connectivity index (χ4n) is 1.69. The molecule has 5 heteroatoms. The van der Waals surface area contributed by atoms with Crippen molar-refractivity contribution in [2.75, 3.05) is 6.54 Å². The predicted octanol–water partition coefficient (Wildman–Crippen LogP) is 0.632. The van der Waals surface area contributed by atoms with Crippen molar-refractivity contribution in [3.63, 3.8) is 0 Å². The van der Waals surface area contributed by atoms with Crippen LogP contribution in [0, 0.1) is 5.92 Å². The van der Waals surface area contributed by atoms with Gasteiger partial charge in [0.1, 0.15) is 4.88 Å². The Morgan fingerprint density at radius 3 is 3.15 bits per heavy atom. The minimum atomic E-state index is 0.190. The Bertz CT molecular complexity index is 323. The van der Waals surface area contributed by atoms with E-state index in [2.05, 4.69) is 9.59 Å². The van der Waals surface area contributed by atoms with Crippen LogP contribution in [0.3, 0.4) is 0 Å². The summed E-state index contributed by atoms with van der Waals surface area (Å²) in [5.74, 6) is 0.573. The highest BCUT2D eigenvalue weighted by atomic mass is 32.1. The second-order valence-electron chi connectivity index (χ2n) is 3.32. The van der Waals surface area contributed by atoms with Gasteiger partial charge in [-0.05, 0) is 36.8 Å². The maximum absolute atomic E-state index is 11.5. The zero-order valence-electron chi connectivity index (χ0n) is 7.19. The van der Waals surface area contributed by atoms with Crippen LogP contribution in [-0.2, 0) is 6.42 Å². The molecule has 0 saturated heterocycles. The standard InChI is InChI=1S/C8H11N3OS/c9-2-1-5-3-6-8(7(12)4-5)13-11-10-6/h5H,1-4,9H2. The number of hydrogen-bond acceptors (Lipinski definition) is 5. The third kappa shape index (κ3) is 1.62. The van der Waals surface area contributed by atoms with Crippen LogP contribution in [0.25, 0.3) is 0 Å². The number of Topliss-reactive ketones (excluding diaryl/α,β-unsaturated/α-hetero) is 1. The van der Waals surface area contributed by atoms with Crippen LogP contribution in [0.5, 0.6) is 0 Å². The van der Waals surface area contributed by atoms with Crippen LogP contribution in [0.4, 0.5) is 0 Å². The van der Waals surface area contributed by atoms with E-state index >= 15 is 0 Å². The summed E-state index contributed by atoms with van der Waals surface area (Å²) in [7, 11) is 0. The molecule has 0 aromatic carbocycles. The number of carbonyl (C=O) groups excluding carboxylic acids is 1. The van der Waals surface area contributed by atoms with Crippen LogP contribution >= 0.6 is 11.5 Å². The average Bonchev–Trinajstić information content (AvgIpc) is 2.53. The smallest absolute Gasteiger partial charge is 0.176 e. The van der Waals surface area contributed by atoms with Crippen LogP contribution in [-0.4, -0.2) is 21.9 Å². The molecule has 13 heavy (non-hydrogen) atoms. The number of nitrogens with two attached hydrogens (primary N) is 1. The Morgan fingerprint density at radius 2 is 2.38 bits per heavy atom. The topological polar surface area (TPSA) is 68.9 Å². The van der Waals surface area contributed by atoms with Crippen LogP contribution in [0.1, 0.15) is 28.2 Å². The summed E-state index contributed by atoms with van der Waals surface area (Å²) in [4.78, 5) is 12.3. The molecule has 4 nitrogen and oxygen atoms in total. The van der Waals surface area contributed by atoms with E-state index in [0.29, 0.717) is 18.9 Å². The zero-order chi connectivity index (χ0) is 9.26. The van der Waals surface area contributed by atoms with Gasteiger partial charge in [0, 0.05) is 6.42 Å². The van der Waals surface area contributed by atoms with Crippen molar-refractivity contribution in [3.05, 3.63) is 10.6 Å². The first-order valence-corrected chi connectivity index (χ1v) is 5.13. The fourth-order valence-corrected chi connectivity index (χ4v) is 2.33. The van der Waals surface area contributed by atoms with Crippen LogP contribution in [0.2, 0.25) is 0 Å². The van der Waals surface area contributed by atoms with Gasteiger partial charge >= 0.3 is 0 Å². The summed E-state index contributed by atoms with van der Waals surface area (Å²) in [6.45, 7) is 0.644. The second-order valence-corrected chi connectivity index (χ2v) is 4.08. The van der Waals surface area contributed by atoms with Gasteiger partial charge in [0.2, 0.25) is 0 Å². The number of rotatable bonds is 2. The molecule has 1 aliphatic rings. The SMILES string of the molecule is NCCC1CC(=O)c2snnc2C1. The molecule has 0 spiro atoms. The molecule has 2 rings (SSSR count). The molecule has 1 atom stereocenters. The van der Waals surface area contributed by atoms with Crippen LogP contribution in [0.15, 0.2) is 0 Å². The number of nitrogens with zero attached hydrogens (tertiary/aromatic N) is 2. The Kier molecular flexibility index (Phi) is 2.37. The van der Waals surface area contributed by atoms with Gasteiger partial charge in [-0.2, -0.15) is 0 Å². The third-order valence-corrected chi connectivity index (χ3v) is 3.15. The van der Waals surface area contributed by atoms with Gasteiger partial charge in [0.25, 0.3) is 0 Å². The number of aromatic nitrogens is 2. The molecule has 0 fully saturated rings. The highest BCUT2D eigenvalue weighted by Crippen LogP contribution is 2.27. The molecule has 0 saturated carbocycles. The van der Waals surface area contributed by atoms with E-state index in [0.717, 1.165) is 23.4 Å². The minimum absolute atomic E-state index is 0.190. The molecule has 0 aliphatic heterocycles. The summed E-state index contributed by atoms with van der Waals surface area (Å²) in [6, 6.07) is 0. The molecule has 0 radical (unpaired) electrons. The largest absolute Gasteiger partial charge is 0.330 e. The number of fused-ring (bicyclic) bond motifs is 1. The highest BCUT2D eigenvalue weighted by molar-refractivity contribution is 7.08. The van der Waals surface area contributed by atoms with Crippen molar-refractivity contribution in [2.45, 2.75) is 19.3 Å². The van der Waals surface area contributed by atoms with Crippen molar-refractivity contribution in [3.8, 4) is 0 Å². The van der Waals surface area contributed by atoms with Gasteiger partial charge in [0.05, 0.1) is 5.69 Å². The van der Waals surface area contributed by atoms with Crippen molar-refractivity contribution in [1.82, 2.24) is 9.59 Å². The second kappa shape index (κ2) is 3.51. The maximum Gasteiger partial charge on any atom is 0.176 e. The molecule has 2 N–H and O–H groups in total. The summed E-state index contributed by atoms with van der Waals surface area (Å²) in [5.41, 5.74) is 6.33. The molecule has 1 heterocycles. The number of hydrogen-bond donors (Lipinski definition) is 1. The molecule has 1 aliphatic carbocycles. The first kappa shape index (κ1) is 8.77. The quantitative estimate of drug-likeness (QED) is 0.755. The minimum Gasteiger partial charge on any atom is -0.330 e. The first-order valence-electron chi connectivity index (χ1n) is 4.35. The number of carbonyl (C=O) groups is 1. The van der Waals surface area contributed by atoms with Crippen molar-refractivity contribution >= 4 is 17.3 Å². The van der Waals surface area contributed by atoms with E-state index in [-0.39, 0.29) is 5.78 Å². The van der Waals surface area contributed by atoms with Gasteiger partial charge in [0.15, 0.2) is 5.78 Å². The van der Waals surface area contributed by atoms with E-state index in [1.807, 2.05) is 0 Å². The lowest BCUT2D eigenvalue weighted by Gasteiger charge is -2.18. The van der Waals surface area contributed by atoms with Crippen molar-refractivity contribution < 1.29 is 4.79 Å². The summed E-state index contributed by atoms with van der Waals surface area (Å²) >= 11 is 1.21. The fraction of sp³-hybridized carbons (Fsp3) is 0.625. The summed E-state index contributed by atoms with van der Waals surface area (Å²) in [5, 5.41) is 3.95. The van der Waals surface area contributed by atoms with E-state index in [9.17, 15) is 4.79 Å². The molecule has 1 aromatic rings. The number of ketones is 1.